The van der Waals surface area contributed by atoms with E-state index in [9.17, 15) is 5.11 Å². The molecule has 0 aliphatic carbocycles. The maximum Gasteiger partial charge on any atom is 0.164 e. The van der Waals surface area contributed by atoms with E-state index < -0.39 is 5.54 Å². The van der Waals surface area contributed by atoms with E-state index >= 15 is 0 Å². The highest BCUT2D eigenvalue weighted by atomic mass is 35.5. The van der Waals surface area contributed by atoms with Crippen LogP contribution < -0.4 is 10.5 Å². The molecule has 0 saturated carbocycles. The first kappa shape index (κ1) is 13.1. The Morgan fingerprint density at radius 1 is 1.50 bits per heavy atom. The Morgan fingerprint density at radius 3 is 2.44 bits per heavy atom. The monoisotopic (exact) mass is 243 g/mol. The number of phenols is 1. The summed E-state index contributed by atoms with van der Waals surface area (Å²) in [6.07, 6.45) is 0.762. The zero-order chi connectivity index (χ0) is 12.5. The molecule has 90 valence electrons. The highest BCUT2D eigenvalue weighted by Gasteiger charge is 2.26. The molecule has 0 radical (unpaired) electrons. The zero-order valence-corrected chi connectivity index (χ0v) is 10.9. The summed E-state index contributed by atoms with van der Waals surface area (Å²) in [4.78, 5) is 0. The molecule has 1 aromatic carbocycles. The summed E-state index contributed by atoms with van der Waals surface area (Å²) in [6.45, 7) is 5.59. The van der Waals surface area contributed by atoms with Crippen LogP contribution in [0.5, 0.6) is 11.5 Å². The molecular formula is C12H18ClNO2. The number of nitrogens with two attached hydrogens (primary N) is 1. The predicted molar refractivity (Wildman–Crippen MR) is 66.3 cm³/mol. The van der Waals surface area contributed by atoms with Crippen molar-refractivity contribution in [2.24, 2.45) is 5.73 Å². The Labute approximate surface area is 101 Å². The molecule has 0 atom stereocenters. The highest BCUT2D eigenvalue weighted by Crippen LogP contribution is 2.42. The van der Waals surface area contributed by atoms with Crippen LogP contribution in [0.1, 0.15) is 31.9 Å². The molecule has 0 spiro atoms. The van der Waals surface area contributed by atoms with Crippen molar-refractivity contribution >= 4 is 11.6 Å². The lowest BCUT2D eigenvalue weighted by molar-refractivity contribution is 0.362. The fourth-order valence-electron chi connectivity index (χ4n) is 1.68. The molecule has 1 rings (SSSR count). The van der Waals surface area contributed by atoms with Crippen molar-refractivity contribution in [3.05, 3.63) is 22.2 Å². The fraction of sp³-hybridized carbons (Fsp3) is 0.500. The summed E-state index contributed by atoms with van der Waals surface area (Å²) in [5, 5.41) is 10.6. The number of rotatable bonds is 3. The standard InChI is InChI=1S/C12H18ClNO2/c1-5-7-6-8(16-4)11(15)9(10(7)13)12(2,3)14/h6,15H,5,14H2,1-4H3. The second-order valence-electron chi connectivity index (χ2n) is 4.35. The van der Waals surface area contributed by atoms with Gasteiger partial charge in [0.1, 0.15) is 0 Å². The molecule has 16 heavy (non-hydrogen) atoms. The summed E-state index contributed by atoms with van der Waals surface area (Å²) in [5.74, 6) is 0.437. The quantitative estimate of drug-likeness (QED) is 0.858. The van der Waals surface area contributed by atoms with Crippen molar-refractivity contribution in [3.63, 3.8) is 0 Å². The van der Waals surface area contributed by atoms with E-state index in [1.54, 1.807) is 19.9 Å². The maximum absolute atomic E-state index is 10.0. The van der Waals surface area contributed by atoms with Gasteiger partial charge in [0.25, 0.3) is 0 Å². The Bertz CT molecular complexity index is 369. The first-order valence-corrected chi connectivity index (χ1v) is 5.58. The van der Waals surface area contributed by atoms with Crippen molar-refractivity contribution in [1.82, 2.24) is 0 Å². The number of hydrogen-bond donors (Lipinski definition) is 2. The first-order valence-electron chi connectivity index (χ1n) is 5.20. The van der Waals surface area contributed by atoms with E-state index in [1.165, 1.54) is 7.11 Å². The van der Waals surface area contributed by atoms with Gasteiger partial charge in [0.15, 0.2) is 11.5 Å². The van der Waals surface area contributed by atoms with Gasteiger partial charge < -0.3 is 15.6 Å². The molecule has 0 aliphatic heterocycles. The van der Waals surface area contributed by atoms with E-state index in [2.05, 4.69) is 0 Å². The van der Waals surface area contributed by atoms with Crippen LogP contribution in [0.15, 0.2) is 6.07 Å². The van der Waals surface area contributed by atoms with Crippen LogP contribution in [0.4, 0.5) is 0 Å². The minimum absolute atomic E-state index is 0.0252. The van der Waals surface area contributed by atoms with Crippen LogP contribution in [0, 0.1) is 0 Å². The van der Waals surface area contributed by atoms with Gasteiger partial charge in [0.2, 0.25) is 0 Å². The van der Waals surface area contributed by atoms with Crippen LogP contribution in [-0.4, -0.2) is 12.2 Å². The number of hydrogen-bond acceptors (Lipinski definition) is 3. The van der Waals surface area contributed by atoms with Gasteiger partial charge in [-0.1, -0.05) is 18.5 Å². The first-order chi connectivity index (χ1) is 7.32. The Hall–Kier alpha value is -0.930. The molecular weight excluding hydrogens is 226 g/mol. The molecule has 0 bridgehead atoms. The molecule has 1 aromatic rings. The zero-order valence-electron chi connectivity index (χ0n) is 10.1. The van der Waals surface area contributed by atoms with Crippen LogP contribution in [0.3, 0.4) is 0 Å². The Kier molecular flexibility index (Phi) is 3.71. The van der Waals surface area contributed by atoms with Crippen molar-refractivity contribution in [2.75, 3.05) is 7.11 Å². The predicted octanol–water partition coefficient (Wildman–Crippen LogP) is 2.81. The molecule has 3 N–H and O–H groups in total. The minimum atomic E-state index is -0.709. The van der Waals surface area contributed by atoms with E-state index in [4.69, 9.17) is 22.1 Å². The van der Waals surface area contributed by atoms with Crippen molar-refractivity contribution in [1.29, 1.82) is 0 Å². The van der Waals surface area contributed by atoms with Gasteiger partial charge in [-0.3, -0.25) is 0 Å². The number of halogens is 1. The summed E-state index contributed by atoms with van der Waals surface area (Å²) in [5.41, 5.74) is 6.75. The van der Waals surface area contributed by atoms with E-state index in [0.29, 0.717) is 16.3 Å². The van der Waals surface area contributed by atoms with Gasteiger partial charge in [0.05, 0.1) is 12.1 Å². The lowest BCUT2D eigenvalue weighted by Gasteiger charge is -2.24. The van der Waals surface area contributed by atoms with Crippen molar-refractivity contribution in [2.45, 2.75) is 32.7 Å². The number of methoxy groups -OCH3 is 1. The van der Waals surface area contributed by atoms with E-state index in [-0.39, 0.29) is 5.75 Å². The van der Waals surface area contributed by atoms with Gasteiger partial charge >= 0.3 is 0 Å². The molecule has 0 fully saturated rings. The summed E-state index contributed by atoms with van der Waals surface area (Å²) in [6, 6.07) is 1.74. The molecule has 0 unspecified atom stereocenters. The molecule has 3 nitrogen and oxygen atoms in total. The lowest BCUT2D eigenvalue weighted by Crippen LogP contribution is -2.29. The second-order valence-corrected chi connectivity index (χ2v) is 4.73. The maximum atomic E-state index is 10.0. The van der Waals surface area contributed by atoms with Crippen molar-refractivity contribution in [3.8, 4) is 11.5 Å². The summed E-state index contributed by atoms with van der Waals surface area (Å²) in [7, 11) is 1.51. The highest BCUT2D eigenvalue weighted by molar-refractivity contribution is 6.32. The third-order valence-corrected chi connectivity index (χ3v) is 2.95. The fourth-order valence-corrected chi connectivity index (χ4v) is 2.20. The SMILES string of the molecule is CCc1cc(OC)c(O)c(C(C)(C)N)c1Cl. The summed E-state index contributed by atoms with van der Waals surface area (Å²) < 4.78 is 5.11. The van der Waals surface area contributed by atoms with Gasteiger partial charge in [0, 0.05) is 11.1 Å². The smallest absolute Gasteiger partial charge is 0.164 e. The Balaban J connectivity index is 3.56. The van der Waals surface area contributed by atoms with Gasteiger partial charge in [-0.05, 0) is 31.9 Å². The number of aryl methyl sites for hydroxylation is 1. The van der Waals surface area contributed by atoms with Gasteiger partial charge in [-0.25, -0.2) is 0 Å². The van der Waals surface area contributed by atoms with Crippen LogP contribution in [-0.2, 0) is 12.0 Å². The van der Waals surface area contributed by atoms with Crippen LogP contribution >= 0.6 is 11.6 Å². The number of aromatic hydroxyl groups is 1. The topological polar surface area (TPSA) is 55.5 Å². The lowest BCUT2D eigenvalue weighted by atomic mass is 9.91. The van der Waals surface area contributed by atoms with Crippen LogP contribution in [0.25, 0.3) is 0 Å². The van der Waals surface area contributed by atoms with E-state index in [1.807, 2.05) is 6.92 Å². The molecule has 0 aliphatic rings. The van der Waals surface area contributed by atoms with Crippen LogP contribution in [0.2, 0.25) is 5.02 Å². The number of ether oxygens (including phenoxy) is 1. The normalized spacial score (nSPS) is 11.6. The summed E-state index contributed by atoms with van der Waals surface area (Å²) >= 11 is 6.23. The van der Waals surface area contributed by atoms with E-state index in [0.717, 1.165) is 12.0 Å². The molecule has 0 heterocycles. The number of phenolic OH excluding ortho intramolecular Hbond substituents is 1. The largest absolute Gasteiger partial charge is 0.504 e. The Morgan fingerprint density at radius 2 is 2.06 bits per heavy atom. The molecule has 0 amide bonds. The van der Waals surface area contributed by atoms with Crippen molar-refractivity contribution < 1.29 is 9.84 Å². The average molecular weight is 244 g/mol. The molecule has 0 aromatic heterocycles. The third-order valence-electron chi connectivity index (χ3n) is 2.52. The second kappa shape index (κ2) is 4.52. The third kappa shape index (κ3) is 2.25. The minimum Gasteiger partial charge on any atom is -0.504 e. The average Bonchev–Trinajstić information content (AvgIpc) is 2.16. The number of benzene rings is 1. The van der Waals surface area contributed by atoms with Gasteiger partial charge in [-0.2, -0.15) is 0 Å². The molecule has 0 saturated heterocycles. The van der Waals surface area contributed by atoms with Gasteiger partial charge in [-0.15, -0.1) is 0 Å². The molecule has 4 heteroatoms.